The van der Waals surface area contributed by atoms with Crippen LogP contribution in [-0.2, 0) is 11.3 Å². The first kappa shape index (κ1) is 18.7. The summed E-state index contributed by atoms with van der Waals surface area (Å²) in [5.41, 5.74) is 5.18. The molecule has 0 radical (unpaired) electrons. The van der Waals surface area contributed by atoms with Gasteiger partial charge in [0.15, 0.2) is 0 Å². The van der Waals surface area contributed by atoms with Crippen molar-refractivity contribution in [2.45, 2.75) is 26.3 Å². The minimum atomic E-state index is -0.164. The molecule has 4 rings (SSSR count). The molecule has 6 heteroatoms. The van der Waals surface area contributed by atoms with Crippen molar-refractivity contribution in [3.8, 4) is 5.75 Å². The number of hydrogen-bond acceptors (Lipinski definition) is 4. The highest BCUT2D eigenvalue weighted by atomic mass is 16.3. The van der Waals surface area contributed by atoms with Crippen LogP contribution in [0.15, 0.2) is 65.8 Å². The van der Waals surface area contributed by atoms with Gasteiger partial charge in [-0.2, -0.15) is 5.10 Å². The number of amides is 1. The van der Waals surface area contributed by atoms with Gasteiger partial charge in [0.2, 0.25) is 5.91 Å². The Morgan fingerprint density at radius 3 is 2.83 bits per heavy atom. The van der Waals surface area contributed by atoms with Gasteiger partial charge in [-0.3, -0.25) is 4.79 Å². The number of hydrazone groups is 1. The number of carbonyl (C=O) groups is 1. The predicted octanol–water partition coefficient (Wildman–Crippen LogP) is 4.13. The summed E-state index contributed by atoms with van der Waals surface area (Å²) in [7, 11) is 0. The summed E-state index contributed by atoms with van der Waals surface area (Å²) in [4.78, 5) is 16.7. The fraction of sp³-hybridized carbons (Fsp3) is 0.174. The number of fused-ring (bicyclic) bond motifs is 2. The second-order valence-corrected chi connectivity index (χ2v) is 6.92. The fourth-order valence-electron chi connectivity index (χ4n) is 3.52. The van der Waals surface area contributed by atoms with Crippen LogP contribution in [0.3, 0.4) is 0 Å². The molecule has 29 heavy (non-hydrogen) atoms. The van der Waals surface area contributed by atoms with Crippen molar-refractivity contribution in [1.82, 2.24) is 15.0 Å². The van der Waals surface area contributed by atoms with E-state index in [0.29, 0.717) is 24.9 Å². The van der Waals surface area contributed by atoms with Crippen molar-refractivity contribution >= 4 is 33.9 Å². The van der Waals surface area contributed by atoms with E-state index in [9.17, 15) is 9.90 Å². The molecule has 1 heterocycles. The third-order valence-electron chi connectivity index (χ3n) is 4.96. The number of imidazole rings is 1. The highest BCUT2D eigenvalue weighted by molar-refractivity contribution is 6.02. The number of phenolic OH excluding ortho intramolecular Hbond substituents is 1. The van der Waals surface area contributed by atoms with Crippen LogP contribution in [0.4, 0.5) is 0 Å². The van der Waals surface area contributed by atoms with Gasteiger partial charge in [-0.25, -0.2) is 10.4 Å². The number of para-hydroxylation sites is 2. The van der Waals surface area contributed by atoms with E-state index in [0.717, 1.165) is 27.6 Å². The molecule has 1 amide bonds. The molecule has 1 aromatic heterocycles. The standard InChI is InChI=1S/C23H22N4O2/c1-16-25-20-9-4-5-10-21(20)27(16)14-6-11-23(29)26-24-15-19-18-8-3-2-7-17(18)12-13-22(19)28/h2-5,7-10,12-13,15,28H,6,11,14H2,1H3,(H,26,29)/b24-15+. The molecule has 0 saturated heterocycles. The number of aromatic nitrogens is 2. The van der Waals surface area contributed by atoms with Crippen molar-refractivity contribution in [1.29, 1.82) is 0 Å². The van der Waals surface area contributed by atoms with E-state index in [2.05, 4.69) is 20.1 Å². The van der Waals surface area contributed by atoms with Gasteiger partial charge < -0.3 is 9.67 Å². The first-order chi connectivity index (χ1) is 14.1. The van der Waals surface area contributed by atoms with E-state index in [-0.39, 0.29) is 11.7 Å². The first-order valence-corrected chi connectivity index (χ1v) is 9.58. The monoisotopic (exact) mass is 386 g/mol. The third kappa shape index (κ3) is 3.96. The minimum Gasteiger partial charge on any atom is -0.507 e. The van der Waals surface area contributed by atoms with Crippen LogP contribution in [0.2, 0.25) is 0 Å². The molecule has 0 aliphatic rings. The lowest BCUT2D eigenvalue weighted by Crippen LogP contribution is -2.18. The molecule has 146 valence electrons. The van der Waals surface area contributed by atoms with Crippen LogP contribution in [0.5, 0.6) is 5.75 Å². The number of rotatable bonds is 6. The first-order valence-electron chi connectivity index (χ1n) is 9.58. The minimum absolute atomic E-state index is 0.129. The van der Waals surface area contributed by atoms with Gasteiger partial charge in [0.05, 0.1) is 17.2 Å². The quantitative estimate of drug-likeness (QED) is 0.386. The Hall–Kier alpha value is -3.67. The lowest BCUT2D eigenvalue weighted by Gasteiger charge is -2.07. The number of hydrogen-bond donors (Lipinski definition) is 2. The second-order valence-electron chi connectivity index (χ2n) is 6.92. The Bertz CT molecular complexity index is 1210. The van der Waals surface area contributed by atoms with Crippen LogP contribution < -0.4 is 5.43 Å². The number of aryl methyl sites for hydroxylation is 2. The van der Waals surface area contributed by atoms with Crippen molar-refractivity contribution in [3.05, 3.63) is 72.1 Å². The van der Waals surface area contributed by atoms with Gasteiger partial charge in [-0.15, -0.1) is 0 Å². The summed E-state index contributed by atoms with van der Waals surface area (Å²) in [6.45, 7) is 2.69. The summed E-state index contributed by atoms with van der Waals surface area (Å²) >= 11 is 0. The number of aromatic hydroxyl groups is 1. The van der Waals surface area contributed by atoms with Gasteiger partial charge in [0.25, 0.3) is 0 Å². The number of nitrogens with one attached hydrogen (secondary N) is 1. The number of phenols is 1. The Labute approximate surface area is 168 Å². The van der Waals surface area contributed by atoms with Gasteiger partial charge in [0, 0.05) is 18.5 Å². The van der Waals surface area contributed by atoms with Gasteiger partial charge in [-0.05, 0) is 42.3 Å². The van der Waals surface area contributed by atoms with Gasteiger partial charge in [0.1, 0.15) is 11.6 Å². The summed E-state index contributed by atoms with van der Waals surface area (Å²) in [6, 6.07) is 19.2. The molecule has 6 nitrogen and oxygen atoms in total. The van der Waals surface area contributed by atoms with Crippen LogP contribution in [-0.4, -0.2) is 26.8 Å². The number of carbonyl (C=O) groups excluding carboxylic acids is 1. The van der Waals surface area contributed by atoms with E-state index in [1.807, 2.05) is 61.5 Å². The molecule has 2 N–H and O–H groups in total. The fourth-order valence-corrected chi connectivity index (χ4v) is 3.52. The molecule has 4 aromatic rings. The molecule has 3 aromatic carbocycles. The molecular weight excluding hydrogens is 364 g/mol. The maximum Gasteiger partial charge on any atom is 0.240 e. The number of benzene rings is 3. The Morgan fingerprint density at radius 2 is 1.93 bits per heavy atom. The third-order valence-corrected chi connectivity index (χ3v) is 4.96. The largest absolute Gasteiger partial charge is 0.507 e. The predicted molar refractivity (Wildman–Crippen MR) is 115 cm³/mol. The highest BCUT2D eigenvalue weighted by Gasteiger charge is 2.08. The average Bonchev–Trinajstić information content (AvgIpc) is 3.05. The normalized spacial score (nSPS) is 11.5. The summed E-state index contributed by atoms with van der Waals surface area (Å²) in [6.07, 6.45) is 2.52. The van der Waals surface area contributed by atoms with E-state index < -0.39 is 0 Å². The van der Waals surface area contributed by atoms with Crippen molar-refractivity contribution in [2.75, 3.05) is 0 Å². The molecule has 0 unspecified atom stereocenters. The molecule has 0 spiro atoms. The van der Waals surface area contributed by atoms with Crippen molar-refractivity contribution in [2.24, 2.45) is 5.10 Å². The van der Waals surface area contributed by atoms with E-state index in [1.54, 1.807) is 6.07 Å². The topological polar surface area (TPSA) is 79.5 Å². The van der Waals surface area contributed by atoms with Crippen molar-refractivity contribution in [3.63, 3.8) is 0 Å². The molecule has 0 atom stereocenters. The van der Waals surface area contributed by atoms with Crippen LogP contribution in [0, 0.1) is 6.92 Å². The van der Waals surface area contributed by atoms with Crippen molar-refractivity contribution < 1.29 is 9.90 Å². The van der Waals surface area contributed by atoms with Crippen LogP contribution in [0.1, 0.15) is 24.2 Å². The Balaban J connectivity index is 1.36. The Kier molecular flexibility index (Phi) is 5.24. The number of nitrogens with zero attached hydrogens (tertiary/aromatic N) is 3. The maximum atomic E-state index is 12.1. The van der Waals surface area contributed by atoms with E-state index in [4.69, 9.17) is 0 Å². The molecular formula is C23H22N4O2. The van der Waals surface area contributed by atoms with E-state index >= 15 is 0 Å². The summed E-state index contributed by atoms with van der Waals surface area (Å²) in [5, 5.41) is 16.0. The smallest absolute Gasteiger partial charge is 0.240 e. The summed E-state index contributed by atoms with van der Waals surface area (Å²) < 4.78 is 2.13. The zero-order valence-corrected chi connectivity index (χ0v) is 16.2. The molecule has 0 saturated carbocycles. The van der Waals surface area contributed by atoms with Crippen LogP contribution >= 0.6 is 0 Å². The molecule has 0 bridgehead atoms. The highest BCUT2D eigenvalue weighted by Crippen LogP contribution is 2.25. The SMILES string of the molecule is Cc1nc2ccccc2n1CCCC(=O)N/N=C/c1c(O)ccc2ccccc12. The summed E-state index contributed by atoms with van der Waals surface area (Å²) in [5.74, 6) is 0.906. The van der Waals surface area contributed by atoms with Gasteiger partial charge >= 0.3 is 0 Å². The van der Waals surface area contributed by atoms with Gasteiger partial charge in [-0.1, -0.05) is 42.5 Å². The zero-order chi connectivity index (χ0) is 20.2. The molecule has 0 fully saturated rings. The lowest BCUT2D eigenvalue weighted by molar-refractivity contribution is -0.121. The Morgan fingerprint density at radius 1 is 1.14 bits per heavy atom. The zero-order valence-electron chi connectivity index (χ0n) is 16.2. The van der Waals surface area contributed by atoms with E-state index in [1.165, 1.54) is 6.21 Å². The maximum absolute atomic E-state index is 12.1. The lowest BCUT2D eigenvalue weighted by atomic mass is 10.0. The average molecular weight is 386 g/mol. The second kappa shape index (κ2) is 8.14. The van der Waals surface area contributed by atoms with Crippen LogP contribution in [0.25, 0.3) is 21.8 Å². The molecule has 0 aliphatic heterocycles. The molecule has 0 aliphatic carbocycles.